The van der Waals surface area contributed by atoms with Crippen LogP contribution in [0, 0.1) is 20.8 Å². The van der Waals surface area contributed by atoms with Crippen molar-refractivity contribution in [3.8, 4) is 0 Å². The number of ether oxygens (including phenoxy) is 2. The molecule has 1 saturated heterocycles. The summed E-state index contributed by atoms with van der Waals surface area (Å²) in [5.74, 6) is -0.181. The third kappa shape index (κ3) is 3.75. The van der Waals surface area contributed by atoms with Crippen molar-refractivity contribution in [1.82, 2.24) is 14.6 Å². The second-order valence-electron chi connectivity index (χ2n) is 6.49. The van der Waals surface area contributed by atoms with Crippen LogP contribution in [0.3, 0.4) is 0 Å². The van der Waals surface area contributed by atoms with Crippen LogP contribution in [-0.4, -0.2) is 39.9 Å². The topological polar surface area (TPSA) is 65.7 Å². The van der Waals surface area contributed by atoms with Gasteiger partial charge in [0.25, 0.3) is 0 Å². The first kappa shape index (κ1) is 16.9. The summed E-state index contributed by atoms with van der Waals surface area (Å²) in [7, 11) is 0. The predicted octanol–water partition coefficient (Wildman–Crippen LogP) is 2.70. The largest absolute Gasteiger partial charge is 0.463 e. The molecule has 6 nitrogen and oxygen atoms in total. The maximum atomic E-state index is 12.0. The summed E-state index contributed by atoms with van der Waals surface area (Å²) in [6.07, 6.45) is 4.26. The number of carbonyl (C=O) groups excluding carboxylic acids is 1. The number of nitrogens with zero attached hydrogens (tertiary/aromatic N) is 3. The van der Waals surface area contributed by atoms with E-state index in [4.69, 9.17) is 9.47 Å². The summed E-state index contributed by atoms with van der Waals surface area (Å²) in [5.41, 5.74) is 4.84. The first-order valence-corrected chi connectivity index (χ1v) is 8.64. The van der Waals surface area contributed by atoms with Crippen molar-refractivity contribution in [2.45, 2.75) is 59.0 Å². The van der Waals surface area contributed by atoms with Gasteiger partial charge in [0.2, 0.25) is 0 Å². The Bertz CT molecular complexity index is 733. The average molecular weight is 331 g/mol. The number of esters is 1. The van der Waals surface area contributed by atoms with Gasteiger partial charge in [-0.3, -0.25) is 4.79 Å². The summed E-state index contributed by atoms with van der Waals surface area (Å²) in [5, 5.41) is 4.46. The molecule has 0 N–H and O–H groups in total. The number of hydrogen-bond donors (Lipinski definition) is 0. The first-order chi connectivity index (χ1) is 11.5. The van der Waals surface area contributed by atoms with Crippen molar-refractivity contribution in [2.75, 3.05) is 13.2 Å². The third-order valence-corrected chi connectivity index (χ3v) is 4.57. The molecule has 1 fully saturated rings. The zero-order chi connectivity index (χ0) is 17.1. The average Bonchev–Trinajstić information content (AvgIpc) is 2.94. The van der Waals surface area contributed by atoms with Crippen LogP contribution in [0.5, 0.6) is 0 Å². The highest BCUT2D eigenvalue weighted by Crippen LogP contribution is 2.18. The fourth-order valence-corrected chi connectivity index (χ4v) is 3.23. The van der Waals surface area contributed by atoms with E-state index >= 15 is 0 Å². The maximum absolute atomic E-state index is 12.0. The van der Waals surface area contributed by atoms with Crippen LogP contribution in [0.25, 0.3) is 5.65 Å². The molecule has 0 spiro atoms. The minimum Gasteiger partial charge on any atom is -0.463 e. The highest BCUT2D eigenvalue weighted by molar-refractivity contribution is 5.69. The molecular formula is C18H25N3O3. The Hall–Kier alpha value is -1.95. The van der Waals surface area contributed by atoms with Crippen LogP contribution in [0.4, 0.5) is 0 Å². The standard InChI is InChI=1S/C18H25N3O3/c1-12-10-17-19-13(2)16(14(3)21(17)20-12)7-8-18(22)24-11-15-6-4-5-9-23-15/h10,15H,4-9,11H2,1-3H3. The van der Waals surface area contributed by atoms with Crippen LogP contribution in [0.2, 0.25) is 0 Å². The molecule has 0 saturated carbocycles. The maximum Gasteiger partial charge on any atom is 0.306 e. The molecule has 0 aliphatic carbocycles. The lowest BCUT2D eigenvalue weighted by Gasteiger charge is -2.22. The Kier molecular flexibility index (Phi) is 5.14. The molecule has 0 aromatic carbocycles. The van der Waals surface area contributed by atoms with Gasteiger partial charge in [-0.15, -0.1) is 0 Å². The summed E-state index contributed by atoms with van der Waals surface area (Å²) >= 11 is 0. The van der Waals surface area contributed by atoms with E-state index in [0.717, 1.165) is 54.2 Å². The molecule has 3 rings (SSSR count). The lowest BCUT2D eigenvalue weighted by molar-refractivity contribution is -0.149. The molecule has 3 heterocycles. The van der Waals surface area contributed by atoms with Gasteiger partial charge in [0.05, 0.1) is 11.8 Å². The summed E-state index contributed by atoms with van der Waals surface area (Å²) in [6.45, 7) is 7.09. The van der Waals surface area contributed by atoms with Crippen molar-refractivity contribution < 1.29 is 14.3 Å². The normalized spacial score (nSPS) is 18.0. The third-order valence-electron chi connectivity index (χ3n) is 4.57. The lowest BCUT2D eigenvalue weighted by Crippen LogP contribution is -2.26. The highest BCUT2D eigenvalue weighted by atomic mass is 16.6. The van der Waals surface area contributed by atoms with Crippen LogP contribution in [0.1, 0.15) is 48.3 Å². The summed E-state index contributed by atoms with van der Waals surface area (Å²) in [4.78, 5) is 16.6. The van der Waals surface area contributed by atoms with Crippen LogP contribution in [-0.2, 0) is 20.7 Å². The van der Waals surface area contributed by atoms with E-state index in [9.17, 15) is 4.79 Å². The zero-order valence-electron chi connectivity index (χ0n) is 14.7. The van der Waals surface area contributed by atoms with Crippen LogP contribution >= 0.6 is 0 Å². The van der Waals surface area contributed by atoms with Gasteiger partial charge in [-0.2, -0.15) is 5.10 Å². The van der Waals surface area contributed by atoms with E-state index in [1.165, 1.54) is 0 Å². The van der Waals surface area contributed by atoms with Gasteiger partial charge in [0, 0.05) is 30.5 Å². The number of carbonyl (C=O) groups is 1. The van der Waals surface area contributed by atoms with E-state index in [1.54, 1.807) is 0 Å². The Morgan fingerprint density at radius 2 is 2.21 bits per heavy atom. The van der Waals surface area contributed by atoms with E-state index < -0.39 is 0 Å². The Morgan fingerprint density at radius 1 is 1.38 bits per heavy atom. The zero-order valence-corrected chi connectivity index (χ0v) is 14.7. The predicted molar refractivity (Wildman–Crippen MR) is 90.1 cm³/mol. The number of aromatic nitrogens is 3. The van der Waals surface area contributed by atoms with Crippen molar-refractivity contribution in [3.63, 3.8) is 0 Å². The number of aryl methyl sites for hydroxylation is 3. The fourth-order valence-electron chi connectivity index (χ4n) is 3.23. The number of hydrogen-bond acceptors (Lipinski definition) is 5. The smallest absolute Gasteiger partial charge is 0.306 e. The van der Waals surface area contributed by atoms with Gasteiger partial charge < -0.3 is 9.47 Å². The number of fused-ring (bicyclic) bond motifs is 1. The Labute approximate surface area is 142 Å². The van der Waals surface area contributed by atoms with E-state index in [-0.39, 0.29) is 12.1 Å². The quantitative estimate of drug-likeness (QED) is 0.788. The molecule has 1 aliphatic heterocycles. The van der Waals surface area contributed by atoms with Crippen molar-refractivity contribution in [1.29, 1.82) is 0 Å². The molecule has 6 heteroatoms. The number of rotatable bonds is 5. The highest BCUT2D eigenvalue weighted by Gasteiger charge is 2.17. The van der Waals surface area contributed by atoms with Gasteiger partial charge in [0.15, 0.2) is 5.65 Å². The van der Waals surface area contributed by atoms with Gasteiger partial charge in [0.1, 0.15) is 6.61 Å². The Morgan fingerprint density at radius 3 is 2.96 bits per heavy atom. The van der Waals surface area contributed by atoms with Gasteiger partial charge in [-0.1, -0.05) is 0 Å². The Balaban J connectivity index is 1.59. The molecule has 2 aromatic rings. The van der Waals surface area contributed by atoms with Crippen LogP contribution in [0.15, 0.2) is 6.07 Å². The molecule has 1 unspecified atom stereocenters. The van der Waals surface area contributed by atoms with Gasteiger partial charge >= 0.3 is 5.97 Å². The molecule has 1 aliphatic rings. The van der Waals surface area contributed by atoms with E-state index in [2.05, 4.69) is 10.1 Å². The minimum absolute atomic E-state index is 0.0660. The molecule has 24 heavy (non-hydrogen) atoms. The van der Waals surface area contributed by atoms with Crippen LogP contribution < -0.4 is 0 Å². The lowest BCUT2D eigenvalue weighted by atomic mass is 10.1. The summed E-state index contributed by atoms with van der Waals surface area (Å²) in [6, 6.07) is 1.96. The minimum atomic E-state index is -0.181. The SMILES string of the molecule is Cc1cc2nc(C)c(CCC(=O)OCC3CCCCO3)c(C)n2n1. The van der Waals surface area contributed by atoms with Crippen molar-refractivity contribution in [3.05, 3.63) is 28.7 Å². The molecule has 0 amide bonds. The second-order valence-corrected chi connectivity index (χ2v) is 6.49. The first-order valence-electron chi connectivity index (χ1n) is 8.64. The van der Waals surface area contributed by atoms with Gasteiger partial charge in [-0.25, -0.2) is 9.50 Å². The second kappa shape index (κ2) is 7.30. The molecular weight excluding hydrogens is 306 g/mol. The van der Waals surface area contributed by atoms with Crippen molar-refractivity contribution in [2.24, 2.45) is 0 Å². The van der Waals surface area contributed by atoms with Crippen molar-refractivity contribution >= 4 is 11.6 Å². The monoisotopic (exact) mass is 331 g/mol. The molecule has 0 bridgehead atoms. The fraction of sp³-hybridized carbons (Fsp3) is 0.611. The van der Waals surface area contributed by atoms with E-state index in [1.807, 2.05) is 31.4 Å². The summed E-state index contributed by atoms with van der Waals surface area (Å²) < 4.78 is 12.8. The molecule has 1 atom stereocenters. The van der Waals surface area contributed by atoms with Gasteiger partial charge in [-0.05, 0) is 52.0 Å². The molecule has 2 aromatic heterocycles. The molecule has 130 valence electrons. The molecule has 0 radical (unpaired) electrons. The van der Waals surface area contributed by atoms with E-state index in [0.29, 0.717) is 19.4 Å².